The number of halogens is 3. The van der Waals surface area contributed by atoms with E-state index in [-0.39, 0.29) is 24.5 Å². The third-order valence-electron chi connectivity index (χ3n) is 4.29. The van der Waals surface area contributed by atoms with Crippen molar-refractivity contribution in [3.05, 3.63) is 29.8 Å². The normalized spacial score (nSPS) is 21.4. The largest absolute Gasteiger partial charge is 0.513 e. The van der Waals surface area contributed by atoms with Crippen molar-refractivity contribution in [1.82, 2.24) is 9.80 Å². The first-order valence-corrected chi connectivity index (χ1v) is 8.16. The molecule has 2 unspecified atom stereocenters. The molecule has 1 aromatic carbocycles. The molecule has 0 saturated carbocycles. The summed E-state index contributed by atoms with van der Waals surface area (Å²) in [5.74, 6) is -0.318. The maximum absolute atomic E-state index is 13.2. The Balaban J connectivity index is 2.09. The van der Waals surface area contributed by atoms with Gasteiger partial charge in [0.05, 0.1) is 6.61 Å². The summed E-state index contributed by atoms with van der Waals surface area (Å²) in [6.07, 6.45) is -5.29. The zero-order valence-electron chi connectivity index (χ0n) is 14.7. The predicted molar refractivity (Wildman–Crippen MR) is 87.1 cm³/mol. The highest BCUT2D eigenvalue weighted by molar-refractivity contribution is 5.94. The number of hydrogen-bond donors (Lipinski definition) is 0. The predicted octanol–water partition coefficient (Wildman–Crippen LogP) is 2.93. The van der Waals surface area contributed by atoms with Gasteiger partial charge in [-0.3, -0.25) is 9.69 Å². The average Bonchev–Trinajstić information content (AvgIpc) is 2.56. The molecule has 0 spiro atoms. The molecular weight excluding hydrogens is 353 g/mol. The Morgan fingerprint density at radius 3 is 2.35 bits per heavy atom. The fraction of sp³-hybridized carbons (Fsp3) is 0.529. The molecule has 0 aliphatic carbocycles. The number of alkyl halides is 3. The van der Waals surface area contributed by atoms with Crippen molar-refractivity contribution in [2.45, 2.75) is 32.1 Å². The molecule has 1 aliphatic heterocycles. The highest BCUT2D eigenvalue weighted by atomic mass is 19.4. The van der Waals surface area contributed by atoms with Gasteiger partial charge in [-0.05, 0) is 45.2 Å². The van der Waals surface area contributed by atoms with E-state index in [1.165, 1.54) is 41.1 Å². The van der Waals surface area contributed by atoms with Crippen molar-refractivity contribution in [2.24, 2.45) is 0 Å². The van der Waals surface area contributed by atoms with Gasteiger partial charge >= 0.3 is 12.3 Å². The molecule has 0 radical (unpaired) electrons. The molecule has 1 aromatic rings. The van der Waals surface area contributed by atoms with E-state index in [2.05, 4.69) is 4.74 Å². The molecule has 0 bridgehead atoms. The van der Waals surface area contributed by atoms with Crippen LogP contribution in [0, 0.1) is 0 Å². The molecule has 26 heavy (non-hydrogen) atoms. The Hall–Kier alpha value is -2.29. The third kappa shape index (κ3) is 4.66. The summed E-state index contributed by atoms with van der Waals surface area (Å²) >= 11 is 0. The van der Waals surface area contributed by atoms with Gasteiger partial charge in [0.1, 0.15) is 11.8 Å². The fourth-order valence-corrected chi connectivity index (χ4v) is 2.76. The van der Waals surface area contributed by atoms with Crippen LogP contribution < -0.4 is 4.74 Å². The van der Waals surface area contributed by atoms with E-state index in [1.807, 2.05) is 0 Å². The lowest BCUT2D eigenvalue weighted by molar-refractivity contribution is -0.197. The monoisotopic (exact) mass is 374 g/mol. The SMILES string of the molecule is CCOC(=O)Oc1ccc(C(=O)N2CC(C)N(C)C(C(F)(F)F)C2)cc1. The second kappa shape index (κ2) is 7.94. The van der Waals surface area contributed by atoms with Crippen LogP contribution in [0.15, 0.2) is 24.3 Å². The van der Waals surface area contributed by atoms with E-state index >= 15 is 0 Å². The molecule has 2 rings (SSSR count). The summed E-state index contributed by atoms with van der Waals surface area (Å²) in [5.41, 5.74) is 0.221. The smallest absolute Gasteiger partial charge is 0.434 e. The lowest BCUT2D eigenvalue weighted by atomic mass is 10.1. The van der Waals surface area contributed by atoms with Crippen LogP contribution >= 0.6 is 0 Å². The molecule has 1 aliphatic rings. The van der Waals surface area contributed by atoms with E-state index < -0.39 is 36.9 Å². The van der Waals surface area contributed by atoms with Gasteiger partial charge < -0.3 is 14.4 Å². The van der Waals surface area contributed by atoms with Crippen LogP contribution in [0.2, 0.25) is 0 Å². The number of carbonyl (C=O) groups is 2. The summed E-state index contributed by atoms with van der Waals surface area (Å²) < 4.78 is 49.1. The van der Waals surface area contributed by atoms with Gasteiger partial charge in [-0.25, -0.2) is 4.79 Å². The average molecular weight is 374 g/mol. The molecule has 144 valence electrons. The van der Waals surface area contributed by atoms with E-state index in [9.17, 15) is 22.8 Å². The molecule has 0 aromatic heterocycles. The maximum Gasteiger partial charge on any atom is 0.513 e. The Morgan fingerprint density at radius 1 is 1.19 bits per heavy atom. The molecule has 1 saturated heterocycles. The maximum atomic E-state index is 13.2. The summed E-state index contributed by atoms with van der Waals surface area (Å²) in [4.78, 5) is 26.2. The first kappa shape index (κ1) is 20.0. The highest BCUT2D eigenvalue weighted by Gasteiger charge is 2.47. The van der Waals surface area contributed by atoms with Crippen LogP contribution in [0.5, 0.6) is 5.75 Å². The number of ether oxygens (including phenoxy) is 2. The first-order chi connectivity index (χ1) is 12.1. The number of carbonyl (C=O) groups excluding carboxylic acids is 2. The van der Waals surface area contributed by atoms with Crippen molar-refractivity contribution in [3.8, 4) is 5.75 Å². The highest BCUT2D eigenvalue weighted by Crippen LogP contribution is 2.29. The number of hydrogen-bond acceptors (Lipinski definition) is 5. The Bertz CT molecular complexity index is 648. The van der Waals surface area contributed by atoms with E-state index in [4.69, 9.17) is 4.74 Å². The zero-order chi connectivity index (χ0) is 19.5. The lowest BCUT2D eigenvalue weighted by Crippen LogP contribution is -2.62. The van der Waals surface area contributed by atoms with Crippen LogP contribution in [0.4, 0.5) is 18.0 Å². The minimum atomic E-state index is -4.42. The molecular formula is C17H21F3N2O4. The molecule has 9 heteroatoms. The van der Waals surface area contributed by atoms with Gasteiger partial charge in [-0.15, -0.1) is 0 Å². The van der Waals surface area contributed by atoms with Gasteiger partial charge in [0, 0.05) is 24.7 Å². The van der Waals surface area contributed by atoms with Crippen molar-refractivity contribution in [2.75, 3.05) is 26.7 Å². The number of nitrogens with zero attached hydrogens (tertiary/aromatic N) is 2. The Morgan fingerprint density at radius 2 is 1.81 bits per heavy atom. The number of amides is 1. The van der Waals surface area contributed by atoms with Crippen molar-refractivity contribution < 1.29 is 32.2 Å². The topological polar surface area (TPSA) is 59.1 Å². The number of rotatable bonds is 3. The van der Waals surface area contributed by atoms with Crippen LogP contribution in [0.3, 0.4) is 0 Å². The Labute approximate surface area is 149 Å². The molecule has 1 heterocycles. The molecule has 2 atom stereocenters. The molecule has 1 fully saturated rings. The van der Waals surface area contributed by atoms with Crippen molar-refractivity contribution in [3.63, 3.8) is 0 Å². The summed E-state index contributed by atoms with van der Waals surface area (Å²) in [6, 6.07) is 3.47. The molecule has 0 N–H and O–H groups in total. The van der Waals surface area contributed by atoms with E-state index in [0.717, 1.165) is 0 Å². The standard InChI is InChI=1S/C17H21F3N2O4/c1-4-25-16(24)26-13-7-5-12(6-8-13)15(23)22-9-11(2)21(3)14(10-22)17(18,19)20/h5-8,11,14H,4,9-10H2,1-3H3. The summed E-state index contributed by atoms with van der Waals surface area (Å²) in [6.45, 7) is 3.22. The van der Waals surface area contributed by atoms with Gasteiger partial charge in [0.25, 0.3) is 5.91 Å². The Kier molecular flexibility index (Phi) is 6.12. The van der Waals surface area contributed by atoms with Crippen LogP contribution in [0.25, 0.3) is 0 Å². The second-order valence-electron chi connectivity index (χ2n) is 6.09. The second-order valence-corrected chi connectivity index (χ2v) is 6.09. The van der Waals surface area contributed by atoms with E-state index in [0.29, 0.717) is 0 Å². The van der Waals surface area contributed by atoms with E-state index in [1.54, 1.807) is 13.8 Å². The fourth-order valence-electron chi connectivity index (χ4n) is 2.76. The summed E-state index contributed by atoms with van der Waals surface area (Å²) in [5, 5.41) is 0. The van der Waals surface area contributed by atoms with Crippen molar-refractivity contribution in [1.29, 1.82) is 0 Å². The van der Waals surface area contributed by atoms with Gasteiger partial charge in [0.15, 0.2) is 0 Å². The van der Waals surface area contributed by atoms with Crippen LogP contribution in [-0.2, 0) is 4.74 Å². The van der Waals surface area contributed by atoms with Crippen molar-refractivity contribution >= 4 is 12.1 Å². The summed E-state index contributed by atoms with van der Waals surface area (Å²) in [7, 11) is 1.41. The van der Waals surface area contributed by atoms with Gasteiger partial charge in [0.2, 0.25) is 0 Å². The number of benzene rings is 1. The van der Waals surface area contributed by atoms with Crippen LogP contribution in [0.1, 0.15) is 24.2 Å². The minimum absolute atomic E-state index is 0.164. The molecule has 6 nitrogen and oxygen atoms in total. The first-order valence-electron chi connectivity index (χ1n) is 8.16. The van der Waals surface area contributed by atoms with Crippen LogP contribution in [-0.4, -0.2) is 66.9 Å². The molecule has 1 amide bonds. The third-order valence-corrected chi connectivity index (χ3v) is 4.29. The number of likely N-dealkylation sites (N-methyl/N-ethyl adjacent to an activating group) is 1. The van der Waals surface area contributed by atoms with Gasteiger partial charge in [-0.1, -0.05) is 0 Å². The zero-order valence-corrected chi connectivity index (χ0v) is 14.7. The minimum Gasteiger partial charge on any atom is -0.434 e. The number of piperazine rings is 1. The van der Waals surface area contributed by atoms with Gasteiger partial charge in [-0.2, -0.15) is 13.2 Å². The lowest BCUT2D eigenvalue weighted by Gasteiger charge is -2.44. The quantitative estimate of drug-likeness (QED) is 0.601.